The molecule has 112 valence electrons. The summed E-state index contributed by atoms with van der Waals surface area (Å²) in [5.41, 5.74) is -2.46. The molecule has 0 aliphatic heterocycles. The van der Waals surface area contributed by atoms with E-state index in [0.29, 0.717) is 0 Å². The summed E-state index contributed by atoms with van der Waals surface area (Å²) >= 11 is 3.16. The van der Waals surface area contributed by atoms with Gasteiger partial charge in [0.05, 0.1) is 0 Å². The average molecular weight is 360 g/mol. The van der Waals surface area contributed by atoms with Crippen LogP contribution in [0.5, 0.6) is 0 Å². The summed E-state index contributed by atoms with van der Waals surface area (Å²) in [7, 11) is 0. The highest BCUT2D eigenvalue weighted by atomic mass is 79.9. The van der Waals surface area contributed by atoms with Gasteiger partial charge in [0.15, 0.2) is 23.3 Å². The summed E-state index contributed by atoms with van der Waals surface area (Å²) in [6.07, 6.45) is 0. The van der Waals surface area contributed by atoms with Gasteiger partial charge in [-0.15, -0.1) is 0 Å². The Morgan fingerprint density at radius 3 is 1.70 bits per heavy atom. The number of alkyl halides is 1. The van der Waals surface area contributed by atoms with Gasteiger partial charge in [0, 0.05) is 10.4 Å². The molecule has 0 fully saturated rings. The van der Waals surface area contributed by atoms with Crippen molar-refractivity contribution in [2.75, 3.05) is 0 Å². The molecule has 8 heteroatoms. The number of nitrogens with one attached hydrogen (secondary N) is 1. The van der Waals surface area contributed by atoms with Crippen molar-refractivity contribution < 1.29 is 26.7 Å². The standard InChI is InChI=1S/C12H11BrF5NO/c1-4(13)12(2,3)19-11(20)5-6(14)8(16)10(18)9(17)7(5)15/h4H,1-3H3,(H,19,20). The molecule has 1 aromatic rings. The Balaban J connectivity index is 3.32. The number of halogens is 6. The number of hydrogen-bond acceptors (Lipinski definition) is 1. The zero-order valence-electron chi connectivity index (χ0n) is 10.8. The second kappa shape index (κ2) is 5.67. The molecule has 0 aliphatic rings. The Bertz CT molecular complexity index is 530. The van der Waals surface area contributed by atoms with Gasteiger partial charge < -0.3 is 5.32 Å². The number of benzene rings is 1. The zero-order valence-corrected chi connectivity index (χ0v) is 12.3. The van der Waals surface area contributed by atoms with Crippen LogP contribution in [0, 0.1) is 29.1 Å². The van der Waals surface area contributed by atoms with Crippen molar-refractivity contribution in [3.63, 3.8) is 0 Å². The number of rotatable bonds is 3. The van der Waals surface area contributed by atoms with Crippen molar-refractivity contribution in [3.8, 4) is 0 Å². The molecular weight excluding hydrogens is 349 g/mol. The van der Waals surface area contributed by atoms with E-state index in [1.165, 1.54) is 13.8 Å². The lowest BCUT2D eigenvalue weighted by atomic mass is 10.0. The molecule has 0 radical (unpaired) electrons. The van der Waals surface area contributed by atoms with Gasteiger partial charge in [-0.1, -0.05) is 22.9 Å². The summed E-state index contributed by atoms with van der Waals surface area (Å²) in [5.74, 6) is -12.3. The molecule has 2 nitrogen and oxygen atoms in total. The van der Waals surface area contributed by atoms with E-state index in [2.05, 4.69) is 21.2 Å². The molecular formula is C12H11BrF5NO. The molecule has 20 heavy (non-hydrogen) atoms. The highest BCUT2D eigenvalue weighted by molar-refractivity contribution is 9.09. The minimum absolute atomic E-state index is 0.305. The lowest BCUT2D eigenvalue weighted by molar-refractivity contribution is 0.0902. The van der Waals surface area contributed by atoms with Gasteiger partial charge in [0.25, 0.3) is 5.91 Å². The summed E-state index contributed by atoms with van der Waals surface area (Å²) in [6.45, 7) is 4.70. The molecule has 1 atom stereocenters. The maximum atomic E-state index is 13.4. The first kappa shape index (κ1) is 16.9. The van der Waals surface area contributed by atoms with Gasteiger partial charge in [-0.2, -0.15) is 0 Å². The molecule has 0 bridgehead atoms. The van der Waals surface area contributed by atoms with Crippen molar-refractivity contribution >= 4 is 21.8 Å². The summed E-state index contributed by atoms with van der Waals surface area (Å²) in [5, 5.41) is 2.21. The van der Waals surface area contributed by atoms with Crippen molar-refractivity contribution in [1.82, 2.24) is 5.32 Å². The SMILES string of the molecule is CC(Br)C(C)(C)NC(=O)c1c(F)c(F)c(F)c(F)c1F. The highest BCUT2D eigenvalue weighted by Crippen LogP contribution is 2.24. The first-order valence-corrected chi connectivity index (χ1v) is 6.40. The fraction of sp³-hybridized carbons (Fsp3) is 0.417. The molecule has 0 saturated carbocycles. The molecule has 0 spiro atoms. The van der Waals surface area contributed by atoms with Crippen LogP contribution in [0.1, 0.15) is 31.1 Å². The maximum Gasteiger partial charge on any atom is 0.257 e. The van der Waals surface area contributed by atoms with Crippen LogP contribution in [0.15, 0.2) is 0 Å². The van der Waals surface area contributed by atoms with E-state index >= 15 is 0 Å². The first-order chi connectivity index (χ1) is 9.00. The second-order valence-electron chi connectivity index (χ2n) is 4.74. The first-order valence-electron chi connectivity index (χ1n) is 5.48. The Labute approximate surface area is 120 Å². The second-order valence-corrected chi connectivity index (χ2v) is 6.11. The molecule has 0 aromatic heterocycles. The predicted molar refractivity (Wildman–Crippen MR) is 66.2 cm³/mol. The van der Waals surface area contributed by atoms with Crippen LogP contribution in [0.25, 0.3) is 0 Å². The van der Waals surface area contributed by atoms with Gasteiger partial charge in [0.2, 0.25) is 5.82 Å². The van der Waals surface area contributed by atoms with Crippen molar-refractivity contribution in [2.45, 2.75) is 31.1 Å². The number of carbonyl (C=O) groups excluding carboxylic acids is 1. The highest BCUT2D eigenvalue weighted by Gasteiger charge is 2.33. The van der Waals surface area contributed by atoms with Gasteiger partial charge in [0.1, 0.15) is 5.56 Å². The fourth-order valence-electron chi connectivity index (χ4n) is 1.26. The number of hydrogen-bond donors (Lipinski definition) is 1. The Morgan fingerprint density at radius 1 is 1.00 bits per heavy atom. The van der Waals surface area contributed by atoms with E-state index in [9.17, 15) is 26.7 Å². The summed E-state index contributed by atoms with van der Waals surface area (Å²) < 4.78 is 65.7. The number of amides is 1. The van der Waals surface area contributed by atoms with Gasteiger partial charge >= 0.3 is 0 Å². The van der Waals surface area contributed by atoms with Crippen LogP contribution < -0.4 is 5.32 Å². The van der Waals surface area contributed by atoms with Crippen molar-refractivity contribution in [2.24, 2.45) is 0 Å². The lowest BCUT2D eigenvalue weighted by Gasteiger charge is -2.29. The lowest BCUT2D eigenvalue weighted by Crippen LogP contribution is -2.49. The van der Waals surface area contributed by atoms with E-state index in [1.54, 1.807) is 6.92 Å². The Kier molecular flexibility index (Phi) is 4.78. The fourth-order valence-corrected chi connectivity index (χ4v) is 1.37. The Morgan fingerprint density at radius 2 is 1.35 bits per heavy atom. The zero-order chi connectivity index (χ0) is 15.8. The molecule has 0 aliphatic carbocycles. The normalized spacial score (nSPS) is 13.2. The monoisotopic (exact) mass is 359 g/mol. The van der Waals surface area contributed by atoms with Crippen LogP contribution in [0.2, 0.25) is 0 Å². The predicted octanol–water partition coefficient (Wildman–Crippen LogP) is 3.67. The van der Waals surface area contributed by atoms with Crippen molar-refractivity contribution in [1.29, 1.82) is 0 Å². The third-order valence-corrected chi connectivity index (χ3v) is 4.01. The molecule has 1 aromatic carbocycles. The van der Waals surface area contributed by atoms with Crippen LogP contribution in [0.3, 0.4) is 0 Å². The van der Waals surface area contributed by atoms with E-state index < -0.39 is 46.1 Å². The summed E-state index contributed by atoms with van der Waals surface area (Å²) in [6, 6.07) is 0. The third kappa shape index (κ3) is 2.94. The largest absolute Gasteiger partial charge is 0.346 e. The van der Waals surface area contributed by atoms with E-state index in [0.717, 1.165) is 0 Å². The van der Waals surface area contributed by atoms with Crippen LogP contribution >= 0.6 is 15.9 Å². The van der Waals surface area contributed by atoms with Gasteiger partial charge in [-0.3, -0.25) is 4.79 Å². The van der Waals surface area contributed by atoms with Gasteiger partial charge in [-0.25, -0.2) is 22.0 Å². The maximum absolute atomic E-state index is 13.4. The Hall–Kier alpha value is -1.18. The summed E-state index contributed by atoms with van der Waals surface area (Å²) in [4.78, 5) is 11.4. The van der Waals surface area contributed by atoms with Gasteiger partial charge in [-0.05, 0) is 13.8 Å². The number of carbonyl (C=O) groups is 1. The molecule has 1 rings (SSSR count). The van der Waals surface area contributed by atoms with E-state index in [1.807, 2.05) is 0 Å². The van der Waals surface area contributed by atoms with Crippen molar-refractivity contribution in [3.05, 3.63) is 34.6 Å². The average Bonchev–Trinajstić information content (AvgIpc) is 2.33. The quantitative estimate of drug-likeness (QED) is 0.379. The smallest absolute Gasteiger partial charge is 0.257 e. The molecule has 1 N–H and O–H groups in total. The minimum Gasteiger partial charge on any atom is -0.346 e. The van der Waals surface area contributed by atoms with E-state index in [4.69, 9.17) is 0 Å². The molecule has 1 unspecified atom stereocenters. The van der Waals surface area contributed by atoms with Crippen LogP contribution in [-0.4, -0.2) is 16.3 Å². The van der Waals surface area contributed by atoms with Crippen LogP contribution in [-0.2, 0) is 0 Å². The molecule has 1 amide bonds. The van der Waals surface area contributed by atoms with E-state index in [-0.39, 0.29) is 4.83 Å². The minimum atomic E-state index is -2.30. The van der Waals surface area contributed by atoms with Crippen LogP contribution in [0.4, 0.5) is 22.0 Å². The molecule has 0 heterocycles. The third-order valence-electron chi connectivity index (χ3n) is 2.87. The molecule has 0 saturated heterocycles. The topological polar surface area (TPSA) is 29.1 Å².